The molecule has 2 unspecified atom stereocenters. The quantitative estimate of drug-likeness (QED) is 0.0640. The minimum absolute atomic E-state index is 0.0884. The summed E-state index contributed by atoms with van der Waals surface area (Å²) in [5.41, 5.74) is 1.13. The average Bonchev–Trinajstić information content (AvgIpc) is 2.97. The second-order valence-electron chi connectivity index (χ2n) is 16.9. The normalized spacial score (nSPS) is 30.8. The van der Waals surface area contributed by atoms with Crippen LogP contribution in [-0.4, -0.2) is 56.3 Å². The highest BCUT2D eigenvalue weighted by Gasteiger charge is 2.60. The number of carboxylic acid groups (broad SMARTS) is 1. The van der Waals surface area contributed by atoms with E-state index >= 15 is 0 Å². The Morgan fingerprint density at radius 3 is 1.67 bits per heavy atom. The van der Waals surface area contributed by atoms with Crippen molar-refractivity contribution in [3.05, 3.63) is 11.3 Å². The Bertz CT molecular complexity index is 980. The highest BCUT2D eigenvalue weighted by Crippen LogP contribution is 2.65. The van der Waals surface area contributed by atoms with Gasteiger partial charge in [-0.2, -0.15) is 0 Å². The van der Waals surface area contributed by atoms with Crippen molar-refractivity contribution in [1.82, 2.24) is 0 Å². The third kappa shape index (κ3) is 8.91. The molecular formula is C40H68O6. The Labute approximate surface area is 281 Å². The molecule has 4 saturated carbocycles. The van der Waals surface area contributed by atoms with Gasteiger partial charge in [-0.15, -0.1) is 0 Å². The van der Waals surface area contributed by atoms with Crippen molar-refractivity contribution in [2.24, 2.45) is 28.1 Å². The van der Waals surface area contributed by atoms with Gasteiger partial charge in [0.25, 0.3) is 0 Å². The van der Waals surface area contributed by atoms with E-state index in [0.29, 0.717) is 34.8 Å². The molecule has 0 aromatic carbocycles. The molecule has 2 saturated heterocycles. The number of allylic oxidation sites excluding steroid dienone is 1. The van der Waals surface area contributed by atoms with Crippen LogP contribution in [0.15, 0.2) is 11.3 Å². The molecule has 4 aliphatic carbocycles. The van der Waals surface area contributed by atoms with Gasteiger partial charge in [-0.05, 0) is 95.8 Å². The van der Waals surface area contributed by atoms with Crippen molar-refractivity contribution in [2.45, 2.75) is 168 Å². The lowest BCUT2D eigenvalue weighted by Gasteiger charge is -2.62. The van der Waals surface area contributed by atoms with E-state index in [4.69, 9.17) is 18.9 Å². The van der Waals surface area contributed by atoms with Crippen LogP contribution in [0, 0.1) is 28.1 Å². The van der Waals surface area contributed by atoms with E-state index in [1.807, 2.05) is 0 Å². The summed E-state index contributed by atoms with van der Waals surface area (Å²) in [4.78, 5) is 12.3. The first-order valence-corrected chi connectivity index (χ1v) is 19.6. The van der Waals surface area contributed by atoms with Gasteiger partial charge >= 0.3 is 5.97 Å². The molecule has 6 heteroatoms. The SMILES string of the molecule is CCCC1(CCCCCCCOC(=C(C)C(=O)O)C23CC4CC(CC(OCCCCCCCC5(CCC)COC5)(C4)C2)C3)COC1. The number of carboxylic acids is 1. The van der Waals surface area contributed by atoms with Crippen molar-refractivity contribution in [3.63, 3.8) is 0 Å². The third-order valence-electron chi connectivity index (χ3n) is 12.7. The van der Waals surface area contributed by atoms with Gasteiger partial charge in [-0.3, -0.25) is 0 Å². The van der Waals surface area contributed by atoms with Gasteiger partial charge in [0.2, 0.25) is 0 Å². The highest BCUT2D eigenvalue weighted by atomic mass is 16.5. The Morgan fingerprint density at radius 2 is 1.20 bits per heavy atom. The fourth-order valence-electron chi connectivity index (χ4n) is 10.8. The second-order valence-corrected chi connectivity index (χ2v) is 16.9. The number of hydrogen-bond acceptors (Lipinski definition) is 5. The molecule has 2 aliphatic heterocycles. The van der Waals surface area contributed by atoms with Crippen LogP contribution >= 0.6 is 0 Å². The lowest BCUT2D eigenvalue weighted by atomic mass is 9.47. The lowest BCUT2D eigenvalue weighted by molar-refractivity contribution is -0.193. The summed E-state index contributed by atoms with van der Waals surface area (Å²) in [6.07, 6.45) is 26.7. The van der Waals surface area contributed by atoms with E-state index in [1.54, 1.807) is 6.92 Å². The van der Waals surface area contributed by atoms with Crippen LogP contribution < -0.4 is 0 Å². The number of carbonyl (C=O) groups is 1. The molecule has 264 valence electrons. The lowest BCUT2D eigenvalue weighted by Crippen LogP contribution is -2.57. The van der Waals surface area contributed by atoms with Crippen LogP contribution in [0.1, 0.15) is 162 Å². The van der Waals surface area contributed by atoms with Crippen LogP contribution in [0.3, 0.4) is 0 Å². The summed E-state index contributed by atoms with van der Waals surface area (Å²) < 4.78 is 24.5. The first-order valence-electron chi connectivity index (χ1n) is 19.6. The first kappa shape index (κ1) is 36.2. The van der Waals surface area contributed by atoms with Crippen molar-refractivity contribution in [2.75, 3.05) is 39.6 Å². The van der Waals surface area contributed by atoms with Gasteiger partial charge in [-0.25, -0.2) is 4.79 Å². The third-order valence-corrected chi connectivity index (χ3v) is 12.7. The van der Waals surface area contributed by atoms with E-state index in [9.17, 15) is 9.90 Å². The minimum Gasteiger partial charge on any atom is -0.497 e. The smallest absolute Gasteiger partial charge is 0.334 e. The molecular weight excluding hydrogens is 576 g/mol. The van der Waals surface area contributed by atoms with Crippen LogP contribution in [0.25, 0.3) is 0 Å². The molecule has 0 aromatic heterocycles. The predicted molar refractivity (Wildman–Crippen MR) is 184 cm³/mol. The molecule has 2 atom stereocenters. The highest BCUT2D eigenvalue weighted by molar-refractivity contribution is 5.86. The molecule has 0 aromatic rings. The molecule has 6 fully saturated rings. The summed E-state index contributed by atoms with van der Waals surface area (Å²) in [6, 6.07) is 0. The van der Waals surface area contributed by atoms with Crippen LogP contribution in [0.5, 0.6) is 0 Å². The summed E-state index contributed by atoms with van der Waals surface area (Å²) in [5, 5.41) is 10.1. The Balaban J connectivity index is 1.05. The van der Waals surface area contributed by atoms with Crippen molar-refractivity contribution in [1.29, 1.82) is 0 Å². The zero-order valence-corrected chi connectivity index (χ0v) is 29.9. The summed E-state index contributed by atoms with van der Waals surface area (Å²) >= 11 is 0. The molecule has 6 nitrogen and oxygen atoms in total. The molecule has 46 heavy (non-hydrogen) atoms. The van der Waals surface area contributed by atoms with Gasteiger partial charge in [0.1, 0.15) is 5.76 Å². The molecule has 0 amide bonds. The summed E-state index contributed by atoms with van der Waals surface area (Å²) in [7, 11) is 0. The van der Waals surface area contributed by atoms with E-state index in [1.165, 1.54) is 89.9 Å². The average molecular weight is 645 g/mol. The first-order chi connectivity index (χ1) is 22.3. The zero-order chi connectivity index (χ0) is 32.5. The molecule has 4 bridgehead atoms. The van der Waals surface area contributed by atoms with Gasteiger partial charge in [0, 0.05) is 22.9 Å². The second kappa shape index (κ2) is 16.5. The summed E-state index contributed by atoms with van der Waals surface area (Å²) in [6.45, 7) is 11.7. The summed E-state index contributed by atoms with van der Waals surface area (Å²) in [5.74, 6) is 1.23. The zero-order valence-electron chi connectivity index (χ0n) is 29.9. The van der Waals surface area contributed by atoms with E-state index in [-0.39, 0.29) is 11.0 Å². The van der Waals surface area contributed by atoms with Crippen LogP contribution in [0.2, 0.25) is 0 Å². The Morgan fingerprint density at radius 1 is 0.696 bits per heavy atom. The number of aliphatic carboxylic acids is 1. The van der Waals surface area contributed by atoms with Crippen LogP contribution in [0.4, 0.5) is 0 Å². The van der Waals surface area contributed by atoms with Gasteiger partial charge < -0.3 is 24.1 Å². The maximum absolute atomic E-state index is 12.3. The largest absolute Gasteiger partial charge is 0.497 e. The van der Waals surface area contributed by atoms with E-state index < -0.39 is 5.97 Å². The number of ether oxygens (including phenoxy) is 4. The standard InChI is InChI=1S/C40H68O6/c1-4-16-37(28-43-29-37)18-12-8-6-10-14-20-45-35(32(3)36(41)42)39-23-33-22-34(24-39)26-40(25-33,27-39)46-21-15-11-7-9-13-19-38(17-5-2)30-44-31-38/h33-34H,4-31H2,1-3H3,(H,41,42). The van der Waals surface area contributed by atoms with Gasteiger partial charge in [0.05, 0.1) is 44.2 Å². The monoisotopic (exact) mass is 645 g/mol. The van der Waals surface area contributed by atoms with Crippen molar-refractivity contribution >= 4 is 5.97 Å². The molecule has 6 rings (SSSR count). The van der Waals surface area contributed by atoms with Gasteiger partial charge in [-0.1, -0.05) is 78.1 Å². The molecule has 0 radical (unpaired) electrons. The van der Waals surface area contributed by atoms with Crippen molar-refractivity contribution < 1.29 is 28.8 Å². The maximum Gasteiger partial charge on any atom is 0.334 e. The maximum atomic E-state index is 12.3. The molecule has 6 aliphatic rings. The molecule has 0 spiro atoms. The number of hydrogen-bond donors (Lipinski definition) is 1. The number of rotatable bonds is 24. The van der Waals surface area contributed by atoms with E-state index in [2.05, 4.69) is 13.8 Å². The van der Waals surface area contributed by atoms with E-state index in [0.717, 1.165) is 90.2 Å². The number of unbranched alkanes of at least 4 members (excludes halogenated alkanes) is 8. The minimum atomic E-state index is -0.827. The van der Waals surface area contributed by atoms with Crippen molar-refractivity contribution in [3.8, 4) is 0 Å². The fraction of sp³-hybridized carbons (Fsp3) is 0.925. The molecule has 2 heterocycles. The van der Waals surface area contributed by atoms with Crippen LogP contribution in [-0.2, 0) is 23.7 Å². The Kier molecular flexibility index (Phi) is 13.0. The topological polar surface area (TPSA) is 74.2 Å². The fourth-order valence-corrected chi connectivity index (χ4v) is 10.8. The van der Waals surface area contributed by atoms with Gasteiger partial charge in [0.15, 0.2) is 0 Å². The Hall–Kier alpha value is -1.11. The molecule has 1 N–H and O–H groups in total. The predicted octanol–water partition coefficient (Wildman–Crippen LogP) is 10.0.